The van der Waals surface area contributed by atoms with Gasteiger partial charge < -0.3 is 10.2 Å². The molecule has 1 aliphatic carbocycles. The van der Waals surface area contributed by atoms with E-state index in [9.17, 15) is 9.18 Å². The van der Waals surface area contributed by atoms with Crippen LogP contribution in [0.4, 0.5) is 9.18 Å². The number of hydrogen-bond donors (Lipinski definition) is 1. The molecule has 2 fully saturated rings. The Hall–Kier alpha value is -2.44. The van der Waals surface area contributed by atoms with E-state index in [-0.39, 0.29) is 17.9 Å². The molecule has 2 atom stereocenters. The summed E-state index contributed by atoms with van der Waals surface area (Å²) >= 11 is 0. The van der Waals surface area contributed by atoms with Crippen molar-refractivity contribution in [1.82, 2.24) is 25.0 Å². The lowest BCUT2D eigenvalue weighted by atomic mass is 10.1. The first-order valence-electron chi connectivity index (χ1n) is 8.36. The number of hydrogen-bond acceptors (Lipinski definition) is 3. The third kappa shape index (κ3) is 3.11. The van der Waals surface area contributed by atoms with E-state index in [1.54, 1.807) is 24.8 Å². The van der Waals surface area contributed by atoms with Gasteiger partial charge in [0, 0.05) is 25.0 Å². The van der Waals surface area contributed by atoms with Crippen LogP contribution < -0.4 is 5.32 Å². The summed E-state index contributed by atoms with van der Waals surface area (Å²) < 4.78 is 14.8. The van der Waals surface area contributed by atoms with Gasteiger partial charge in [-0.3, -0.25) is 0 Å². The fraction of sp³-hybridized carbons (Fsp3) is 0.471. The Labute approximate surface area is 139 Å². The molecule has 1 saturated heterocycles. The molecule has 1 aliphatic heterocycles. The van der Waals surface area contributed by atoms with E-state index in [1.807, 2.05) is 9.58 Å². The number of aromatic nitrogens is 3. The van der Waals surface area contributed by atoms with E-state index < -0.39 is 0 Å². The van der Waals surface area contributed by atoms with Crippen LogP contribution in [-0.4, -0.2) is 44.8 Å². The molecule has 6 nitrogen and oxygen atoms in total. The van der Waals surface area contributed by atoms with Crippen molar-refractivity contribution in [2.75, 3.05) is 13.1 Å². The van der Waals surface area contributed by atoms with E-state index in [1.165, 1.54) is 12.1 Å². The molecule has 0 radical (unpaired) electrons. The molecule has 0 bridgehead atoms. The summed E-state index contributed by atoms with van der Waals surface area (Å²) in [7, 11) is 0. The average Bonchev–Trinajstić information content (AvgIpc) is 3.15. The molecular formula is C17H20FN5O. The minimum absolute atomic E-state index is 0.00153. The molecule has 1 N–H and O–H groups in total. The Bertz CT molecular complexity index is 694. The van der Waals surface area contributed by atoms with Gasteiger partial charge in [-0.25, -0.2) is 18.9 Å². The number of nitrogens with one attached hydrogen (secondary N) is 1. The standard InChI is InChI=1S/C17H20FN5O/c18-13-3-1-12(2-4-13)15-9-16(15)21-17(24)22-7-5-14(6-8-22)23-11-19-10-20-23/h1-4,10-11,14-16H,5-9H2,(H,21,24). The van der Waals surface area contributed by atoms with Crippen LogP contribution >= 0.6 is 0 Å². The molecule has 2 amide bonds. The van der Waals surface area contributed by atoms with Gasteiger partial charge in [0.15, 0.2) is 0 Å². The summed E-state index contributed by atoms with van der Waals surface area (Å²) in [5, 5.41) is 7.27. The molecular weight excluding hydrogens is 309 g/mol. The Balaban J connectivity index is 1.27. The maximum atomic E-state index is 13.0. The number of halogens is 1. The van der Waals surface area contributed by atoms with Gasteiger partial charge in [-0.2, -0.15) is 5.10 Å². The second-order valence-corrected chi connectivity index (χ2v) is 6.54. The molecule has 0 spiro atoms. The number of amides is 2. The summed E-state index contributed by atoms with van der Waals surface area (Å²) in [5.41, 5.74) is 1.09. The van der Waals surface area contributed by atoms with E-state index in [0.717, 1.165) is 37.9 Å². The van der Waals surface area contributed by atoms with Crippen LogP contribution in [0.5, 0.6) is 0 Å². The highest BCUT2D eigenvalue weighted by molar-refractivity contribution is 5.75. The normalized spacial score (nSPS) is 24.0. The first kappa shape index (κ1) is 15.1. The Kier molecular flexibility index (Phi) is 3.92. The topological polar surface area (TPSA) is 63.1 Å². The van der Waals surface area contributed by atoms with Crippen molar-refractivity contribution in [1.29, 1.82) is 0 Å². The third-order valence-corrected chi connectivity index (χ3v) is 4.96. The van der Waals surface area contributed by atoms with Gasteiger partial charge in [0.2, 0.25) is 0 Å². The van der Waals surface area contributed by atoms with E-state index >= 15 is 0 Å². The number of likely N-dealkylation sites (tertiary alicyclic amines) is 1. The number of piperidine rings is 1. The van der Waals surface area contributed by atoms with Gasteiger partial charge >= 0.3 is 6.03 Å². The van der Waals surface area contributed by atoms with E-state index in [4.69, 9.17) is 0 Å². The van der Waals surface area contributed by atoms with Crippen molar-refractivity contribution < 1.29 is 9.18 Å². The number of benzene rings is 1. The molecule has 126 valence electrons. The van der Waals surface area contributed by atoms with Crippen LogP contribution in [0.1, 0.15) is 36.8 Å². The predicted molar refractivity (Wildman–Crippen MR) is 85.9 cm³/mol. The summed E-state index contributed by atoms with van der Waals surface area (Å²) in [6.45, 7) is 1.45. The fourth-order valence-corrected chi connectivity index (χ4v) is 3.42. The molecule has 1 aromatic carbocycles. The molecule has 1 aromatic heterocycles. The van der Waals surface area contributed by atoms with Crippen LogP contribution in [0.2, 0.25) is 0 Å². The first-order chi connectivity index (χ1) is 11.7. The Morgan fingerprint density at radius 1 is 1.21 bits per heavy atom. The van der Waals surface area contributed by atoms with Crippen LogP contribution in [0.25, 0.3) is 0 Å². The van der Waals surface area contributed by atoms with Crippen molar-refractivity contribution in [2.45, 2.75) is 37.3 Å². The molecule has 1 saturated carbocycles. The predicted octanol–water partition coefficient (Wildman–Crippen LogP) is 2.32. The molecule has 2 aliphatic rings. The summed E-state index contributed by atoms with van der Waals surface area (Å²) in [6, 6.07) is 7.04. The zero-order valence-electron chi connectivity index (χ0n) is 13.3. The third-order valence-electron chi connectivity index (χ3n) is 4.96. The minimum Gasteiger partial charge on any atom is -0.335 e. The van der Waals surface area contributed by atoms with Crippen LogP contribution in [0.3, 0.4) is 0 Å². The van der Waals surface area contributed by atoms with Crippen molar-refractivity contribution in [3.05, 3.63) is 48.3 Å². The molecule has 2 aromatic rings. The second kappa shape index (κ2) is 6.22. The van der Waals surface area contributed by atoms with Crippen LogP contribution in [-0.2, 0) is 0 Å². The molecule has 2 unspecified atom stereocenters. The molecule has 2 heterocycles. The van der Waals surface area contributed by atoms with Crippen LogP contribution in [0.15, 0.2) is 36.9 Å². The summed E-state index contributed by atoms with van der Waals surface area (Å²) in [6.07, 6.45) is 5.98. The number of urea groups is 1. The number of carbonyl (C=O) groups excluding carboxylic acids is 1. The lowest BCUT2D eigenvalue weighted by Crippen LogP contribution is -2.45. The van der Waals surface area contributed by atoms with Gasteiger partial charge in [0.1, 0.15) is 18.5 Å². The quantitative estimate of drug-likeness (QED) is 0.940. The van der Waals surface area contributed by atoms with Gasteiger partial charge in [-0.1, -0.05) is 12.1 Å². The van der Waals surface area contributed by atoms with Crippen LogP contribution in [0, 0.1) is 5.82 Å². The number of nitrogens with zero attached hydrogens (tertiary/aromatic N) is 4. The summed E-state index contributed by atoms with van der Waals surface area (Å²) in [5.74, 6) is 0.0810. The summed E-state index contributed by atoms with van der Waals surface area (Å²) in [4.78, 5) is 18.2. The van der Waals surface area contributed by atoms with Crippen molar-refractivity contribution >= 4 is 6.03 Å². The lowest BCUT2D eigenvalue weighted by Gasteiger charge is -2.32. The zero-order chi connectivity index (χ0) is 16.5. The molecule has 24 heavy (non-hydrogen) atoms. The van der Waals surface area contributed by atoms with E-state index in [2.05, 4.69) is 15.4 Å². The van der Waals surface area contributed by atoms with Crippen molar-refractivity contribution in [3.8, 4) is 0 Å². The first-order valence-corrected chi connectivity index (χ1v) is 8.36. The Morgan fingerprint density at radius 3 is 2.62 bits per heavy atom. The number of carbonyl (C=O) groups is 1. The zero-order valence-corrected chi connectivity index (χ0v) is 13.3. The highest BCUT2D eigenvalue weighted by Gasteiger charge is 2.40. The Morgan fingerprint density at radius 2 is 1.96 bits per heavy atom. The monoisotopic (exact) mass is 329 g/mol. The maximum Gasteiger partial charge on any atom is 0.317 e. The number of rotatable bonds is 3. The maximum absolute atomic E-state index is 13.0. The lowest BCUT2D eigenvalue weighted by molar-refractivity contribution is 0.168. The molecule has 4 rings (SSSR count). The smallest absolute Gasteiger partial charge is 0.317 e. The SMILES string of the molecule is O=C(NC1CC1c1ccc(F)cc1)N1CCC(n2cncn2)CC1. The van der Waals surface area contributed by atoms with Gasteiger partial charge in [-0.05, 0) is 37.0 Å². The highest BCUT2D eigenvalue weighted by atomic mass is 19.1. The highest BCUT2D eigenvalue weighted by Crippen LogP contribution is 2.40. The van der Waals surface area contributed by atoms with Gasteiger partial charge in [0.25, 0.3) is 0 Å². The van der Waals surface area contributed by atoms with Crippen molar-refractivity contribution in [3.63, 3.8) is 0 Å². The minimum atomic E-state index is -0.227. The molecule has 7 heteroatoms. The second-order valence-electron chi connectivity index (χ2n) is 6.54. The van der Waals surface area contributed by atoms with E-state index in [0.29, 0.717) is 12.0 Å². The van der Waals surface area contributed by atoms with Gasteiger partial charge in [0.05, 0.1) is 6.04 Å². The van der Waals surface area contributed by atoms with Crippen molar-refractivity contribution in [2.24, 2.45) is 0 Å². The average molecular weight is 329 g/mol. The fourth-order valence-electron chi connectivity index (χ4n) is 3.42. The largest absolute Gasteiger partial charge is 0.335 e. The van der Waals surface area contributed by atoms with Gasteiger partial charge in [-0.15, -0.1) is 0 Å².